The van der Waals surface area contributed by atoms with E-state index in [4.69, 9.17) is 16.3 Å². The van der Waals surface area contributed by atoms with Crippen molar-refractivity contribution < 1.29 is 32.6 Å². The number of benzene rings is 3. The third kappa shape index (κ3) is 5.22. The summed E-state index contributed by atoms with van der Waals surface area (Å²) in [7, 11) is 0. The number of amides is 1. The largest absolute Gasteiger partial charge is 0.487 e. The third-order valence-corrected chi connectivity index (χ3v) is 5.73. The van der Waals surface area contributed by atoms with Gasteiger partial charge >= 0.3 is 12.1 Å². The Hall–Kier alpha value is -3.26. The summed E-state index contributed by atoms with van der Waals surface area (Å²) in [6.07, 6.45) is -4.32. The molecule has 0 aromatic heterocycles. The molecule has 33 heavy (non-hydrogen) atoms. The first-order valence-corrected chi connectivity index (χ1v) is 10.4. The van der Waals surface area contributed by atoms with Crippen molar-refractivity contribution in [2.45, 2.75) is 38.6 Å². The molecule has 0 aliphatic heterocycles. The van der Waals surface area contributed by atoms with E-state index in [1.807, 2.05) is 0 Å². The molecule has 3 aromatic carbocycles. The highest BCUT2D eigenvalue weighted by Crippen LogP contribution is 2.36. The fourth-order valence-corrected chi connectivity index (χ4v) is 3.46. The maximum absolute atomic E-state index is 13.1. The van der Waals surface area contributed by atoms with E-state index in [-0.39, 0.29) is 29.4 Å². The fourth-order valence-electron chi connectivity index (χ4n) is 3.19. The Kier molecular flexibility index (Phi) is 6.88. The SMILES string of the molecule is CCC(C)(NC(=O)c1cc(Cl)c2ccccc2c1OCc1ccc(C(F)(F)F)cc1)C(=O)O. The molecule has 1 unspecified atom stereocenters. The van der Waals surface area contributed by atoms with Crippen LogP contribution in [0.1, 0.15) is 41.8 Å². The summed E-state index contributed by atoms with van der Waals surface area (Å²) >= 11 is 6.36. The molecule has 0 saturated carbocycles. The zero-order valence-electron chi connectivity index (χ0n) is 17.8. The monoisotopic (exact) mass is 479 g/mol. The maximum atomic E-state index is 13.1. The molecule has 174 valence electrons. The lowest BCUT2D eigenvalue weighted by Crippen LogP contribution is -2.51. The zero-order chi connectivity index (χ0) is 24.4. The van der Waals surface area contributed by atoms with Gasteiger partial charge in [-0.25, -0.2) is 4.79 Å². The van der Waals surface area contributed by atoms with Gasteiger partial charge in [-0.15, -0.1) is 0 Å². The number of fused-ring (bicyclic) bond motifs is 1. The minimum absolute atomic E-state index is 0.0199. The standard InChI is InChI=1S/C24H21ClF3NO4/c1-3-23(2,22(31)32)29-21(30)18-12-19(25)16-6-4-5-7-17(16)20(18)33-13-14-8-10-15(11-9-14)24(26,27)28/h4-12H,3,13H2,1-2H3,(H,29,30)(H,31,32). The average molecular weight is 480 g/mol. The number of carbonyl (C=O) groups is 2. The minimum atomic E-state index is -4.45. The van der Waals surface area contributed by atoms with E-state index in [9.17, 15) is 27.9 Å². The van der Waals surface area contributed by atoms with Crippen molar-refractivity contribution in [2.75, 3.05) is 0 Å². The number of carbonyl (C=O) groups excluding carboxylic acids is 1. The van der Waals surface area contributed by atoms with Crippen LogP contribution in [-0.2, 0) is 17.6 Å². The molecule has 0 fully saturated rings. The van der Waals surface area contributed by atoms with Crippen LogP contribution in [0.4, 0.5) is 13.2 Å². The summed E-state index contributed by atoms with van der Waals surface area (Å²) in [4.78, 5) is 24.7. The molecule has 0 aliphatic rings. The van der Waals surface area contributed by atoms with Crippen molar-refractivity contribution in [3.05, 3.63) is 76.3 Å². The van der Waals surface area contributed by atoms with Gasteiger partial charge in [0.1, 0.15) is 17.9 Å². The van der Waals surface area contributed by atoms with E-state index in [0.717, 1.165) is 12.1 Å². The number of aliphatic carboxylic acids is 1. The smallest absolute Gasteiger partial charge is 0.416 e. The Morgan fingerprint density at radius 1 is 1.06 bits per heavy atom. The van der Waals surface area contributed by atoms with Gasteiger partial charge in [-0.05, 0) is 37.1 Å². The summed E-state index contributed by atoms with van der Waals surface area (Å²) in [5.74, 6) is -1.74. The highest BCUT2D eigenvalue weighted by molar-refractivity contribution is 6.36. The van der Waals surface area contributed by atoms with Gasteiger partial charge in [0.25, 0.3) is 5.91 Å². The second-order valence-electron chi connectivity index (χ2n) is 7.71. The molecule has 3 rings (SSSR count). The van der Waals surface area contributed by atoms with E-state index in [1.54, 1.807) is 31.2 Å². The van der Waals surface area contributed by atoms with Crippen LogP contribution in [0.3, 0.4) is 0 Å². The molecule has 1 atom stereocenters. The number of alkyl halides is 3. The van der Waals surface area contributed by atoms with Crippen LogP contribution in [0.15, 0.2) is 54.6 Å². The van der Waals surface area contributed by atoms with E-state index >= 15 is 0 Å². The number of ether oxygens (including phenoxy) is 1. The minimum Gasteiger partial charge on any atom is -0.487 e. The molecule has 5 nitrogen and oxygen atoms in total. The first-order valence-electron chi connectivity index (χ1n) is 10.0. The number of hydrogen-bond donors (Lipinski definition) is 2. The van der Waals surface area contributed by atoms with E-state index in [2.05, 4.69) is 5.32 Å². The first kappa shape index (κ1) is 24.4. The van der Waals surface area contributed by atoms with E-state index in [0.29, 0.717) is 16.3 Å². The van der Waals surface area contributed by atoms with Gasteiger partial charge in [0.2, 0.25) is 0 Å². The van der Waals surface area contributed by atoms with Crippen molar-refractivity contribution in [1.29, 1.82) is 0 Å². The second-order valence-corrected chi connectivity index (χ2v) is 8.12. The van der Waals surface area contributed by atoms with Gasteiger partial charge in [0.05, 0.1) is 11.1 Å². The molecular weight excluding hydrogens is 459 g/mol. The highest BCUT2D eigenvalue weighted by atomic mass is 35.5. The Morgan fingerprint density at radius 2 is 1.67 bits per heavy atom. The lowest BCUT2D eigenvalue weighted by molar-refractivity contribution is -0.144. The summed E-state index contributed by atoms with van der Waals surface area (Å²) in [6, 6.07) is 12.8. The molecule has 2 N–H and O–H groups in total. The molecule has 3 aromatic rings. The zero-order valence-corrected chi connectivity index (χ0v) is 18.6. The van der Waals surface area contributed by atoms with Gasteiger partial charge in [-0.1, -0.05) is 54.9 Å². The molecule has 0 radical (unpaired) electrons. The quantitative estimate of drug-likeness (QED) is 0.431. The van der Waals surface area contributed by atoms with Crippen LogP contribution < -0.4 is 10.1 Å². The third-order valence-electron chi connectivity index (χ3n) is 5.42. The van der Waals surface area contributed by atoms with E-state index in [1.165, 1.54) is 25.1 Å². The van der Waals surface area contributed by atoms with Gasteiger partial charge in [0, 0.05) is 15.8 Å². The molecule has 1 amide bonds. The van der Waals surface area contributed by atoms with Crippen LogP contribution in [0.2, 0.25) is 5.02 Å². The number of carboxylic acids is 1. The summed E-state index contributed by atoms with van der Waals surface area (Å²) in [5, 5.41) is 13.4. The Balaban J connectivity index is 1.99. The highest BCUT2D eigenvalue weighted by Gasteiger charge is 2.34. The summed E-state index contributed by atoms with van der Waals surface area (Å²) in [5.41, 5.74) is -1.82. The van der Waals surface area contributed by atoms with Gasteiger partial charge in [-0.2, -0.15) is 13.2 Å². The van der Waals surface area contributed by atoms with Crippen LogP contribution >= 0.6 is 11.6 Å². The van der Waals surface area contributed by atoms with Crippen molar-refractivity contribution in [1.82, 2.24) is 5.32 Å². The maximum Gasteiger partial charge on any atom is 0.416 e. The number of halogens is 4. The molecular formula is C24H21ClF3NO4. The van der Waals surface area contributed by atoms with E-state index < -0.39 is 29.2 Å². The van der Waals surface area contributed by atoms with Crippen LogP contribution in [0.5, 0.6) is 5.75 Å². The van der Waals surface area contributed by atoms with Crippen molar-refractivity contribution in [3.63, 3.8) is 0 Å². The normalized spacial score (nSPS) is 13.4. The van der Waals surface area contributed by atoms with Crippen molar-refractivity contribution in [2.24, 2.45) is 0 Å². The predicted molar refractivity (Wildman–Crippen MR) is 119 cm³/mol. The lowest BCUT2D eigenvalue weighted by atomic mass is 9.97. The Bertz CT molecular complexity index is 1190. The first-order chi connectivity index (χ1) is 15.5. The number of nitrogens with one attached hydrogen (secondary N) is 1. The summed E-state index contributed by atoms with van der Waals surface area (Å²) in [6.45, 7) is 2.90. The number of carboxylic acid groups (broad SMARTS) is 1. The van der Waals surface area contributed by atoms with Crippen molar-refractivity contribution in [3.8, 4) is 5.75 Å². The van der Waals surface area contributed by atoms with Gasteiger partial charge in [0.15, 0.2) is 0 Å². The Morgan fingerprint density at radius 3 is 2.21 bits per heavy atom. The molecule has 0 saturated heterocycles. The predicted octanol–water partition coefficient (Wildman–Crippen LogP) is 6.07. The van der Waals surface area contributed by atoms with Crippen LogP contribution in [-0.4, -0.2) is 22.5 Å². The summed E-state index contributed by atoms with van der Waals surface area (Å²) < 4.78 is 44.3. The molecule has 0 heterocycles. The number of rotatable bonds is 7. The molecule has 0 spiro atoms. The van der Waals surface area contributed by atoms with Crippen LogP contribution in [0.25, 0.3) is 10.8 Å². The Labute approximate surface area is 193 Å². The van der Waals surface area contributed by atoms with Crippen molar-refractivity contribution >= 4 is 34.2 Å². The molecule has 0 bridgehead atoms. The van der Waals surface area contributed by atoms with Gasteiger partial charge < -0.3 is 15.2 Å². The van der Waals surface area contributed by atoms with Crippen LogP contribution in [0, 0.1) is 0 Å². The fraction of sp³-hybridized carbons (Fsp3) is 0.250. The van der Waals surface area contributed by atoms with Gasteiger partial charge in [-0.3, -0.25) is 4.79 Å². The second kappa shape index (κ2) is 9.31. The topological polar surface area (TPSA) is 75.6 Å². The number of hydrogen-bond acceptors (Lipinski definition) is 3. The average Bonchev–Trinajstić information content (AvgIpc) is 2.77. The molecule has 9 heteroatoms. The molecule has 0 aliphatic carbocycles. The lowest BCUT2D eigenvalue weighted by Gasteiger charge is -2.25.